The van der Waals surface area contributed by atoms with Gasteiger partial charge in [0.2, 0.25) is 5.91 Å². The monoisotopic (exact) mass is 326 g/mol. The summed E-state index contributed by atoms with van der Waals surface area (Å²) in [5.74, 6) is 0.167. The van der Waals surface area contributed by atoms with Crippen LogP contribution in [0.25, 0.3) is 0 Å². The minimum absolute atomic E-state index is 0.0519. The van der Waals surface area contributed by atoms with Gasteiger partial charge in [-0.1, -0.05) is 35.8 Å². The van der Waals surface area contributed by atoms with Gasteiger partial charge >= 0.3 is 0 Å². The lowest BCUT2D eigenvalue weighted by Gasteiger charge is -2.48. The average Bonchev–Trinajstić information content (AvgIpc) is 2.26. The Balaban J connectivity index is 1.81. The highest BCUT2D eigenvalue weighted by atomic mass is 79.9. The Hall–Kier alpha value is -0.910. The second-order valence-corrected chi connectivity index (χ2v) is 6.38. The molecule has 1 aliphatic rings. The Bertz CT molecular complexity index is 470. The molecule has 104 valence electrons. The van der Waals surface area contributed by atoms with Crippen LogP contribution in [0.5, 0.6) is 0 Å². The molecule has 0 atom stereocenters. The molecule has 0 radical (unpaired) electrons. The smallest absolute Gasteiger partial charge is 0.238 e. The van der Waals surface area contributed by atoms with E-state index >= 15 is 0 Å². The molecular formula is C14H19BrN2O2. The topological polar surface area (TPSA) is 52.6 Å². The standard InChI is InChI=1S/C14H19BrN2O2/c1-10(2)14(19)8-17(9-14)7-13(18)16-12-5-3-4-11(15)6-12/h3-6,10,19H,7-9H2,1-2H3,(H,16,18). The molecule has 1 fully saturated rings. The van der Waals surface area contributed by atoms with Gasteiger partial charge in [-0.15, -0.1) is 0 Å². The number of anilines is 1. The zero-order chi connectivity index (χ0) is 14.0. The number of hydrogen-bond acceptors (Lipinski definition) is 3. The van der Waals surface area contributed by atoms with Crippen molar-refractivity contribution in [1.29, 1.82) is 0 Å². The normalized spacial score (nSPS) is 18.2. The van der Waals surface area contributed by atoms with E-state index < -0.39 is 5.60 Å². The Kier molecular flexibility index (Phi) is 4.28. The molecule has 1 saturated heterocycles. The van der Waals surface area contributed by atoms with Crippen molar-refractivity contribution in [3.8, 4) is 0 Å². The number of nitrogens with zero attached hydrogens (tertiary/aromatic N) is 1. The quantitative estimate of drug-likeness (QED) is 0.890. The lowest BCUT2D eigenvalue weighted by atomic mass is 9.83. The average molecular weight is 327 g/mol. The number of rotatable bonds is 4. The molecule has 0 aliphatic carbocycles. The van der Waals surface area contributed by atoms with Crippen molar-refractivity contribution < 1.29 is 9.90 Å². The number of aliphatic hydroxyl groups is 1. The maximum absolute atomic E-state index is 11.9. The van der Waals surface area contributed by atoms with E-state index in [2.05, 4.69) is 21.2 Å². The predicted octanol–water partition coefficient (Wildman–Crippen LogP) is 2.09. The van der Waals surface area contributed by atoms with Crippen molar-refractivity contribution in [3.05, 3.63) is 28.7 Å². The first-order valence-corrected chi connectivity index (χ1v) is 7.18. The third-order valence-electron chi connectivity index (χ3n) is 3.55. The number of nitrogens with one attached hydrogen (secondary N) is 1. The second-order valence-electron chi connectivity index (χ2n) is 5.46. The third-order valence-corrected chi connectivity index (χ3v) is 4.04. The van der Waals surface area contributed by atoms with Gasteiger partial charge in [-0.05, 0) is 24.1 Å². The van der Waals surface area contributed by atoms with Gasteiger partial charge in [-0.3, -0.25) is 9.69 Å². The second kappa shape index (κ2) is 5.61. The van der Waals surface area contributed by atoms with E-state index in [-0.39, 0.29) is 11.8 Å². The lowest BCUT2D eigenvalue weighted by Crippen LogP contribution is -2.65. The van der Waals surface area contributed by atoms with Crippen LogP contribution in [-0.2, 0) is 4.79 Å². The Labute approximate surface area is 121 Å². The highest BCUT2D eigenvalue weighted by molar-refractivity contribution is 9.10. The molecule has 1 heterocycles. The van der Waals surface area contributed by atoms with Gasteiger partial charge < -0.3 is 10.4 Å². The molecule has 1 aromatic rings. The molecule has 1 aliphatic heterocycles. The van der Waals surface area contributed by atoms with Gasteiger partial charge in [0.15, 0.2) is 0 Å². The van der Waals surface area contributed by atoms with Crippen LogP contribution in [0.4, 0.5) is 5.69 Å². The van der Waals surface area contributed by atoms with E-state index in [0.717, 1.165) is 10.2 Å². The third kappa shape index (κ3) is 3.55. The molecule has 5 heteroatoms. The van der Waals surface area contributed by atoms with E-state index in [9.17, 15) is 9.90 Å². The first-order valence-electron chi connectivity index (χ1n) is 6.39. The SMILES string of the molecule is CC(C)C1(O)CN(CC(=O)Nc2cccc(Br)c2)C1. The molecule has 4 nitrogen and oxygen atoms in total. The number of hydrogen-bond donors (Lipinski definition) is 2. The Morgan fingerprint density at radius 2 is 2.21 bits per heavy atom. The van der Waals surface area contributed by atoms with Crippen molar-refractivity contribution in [2.45, 2.75) is 19.4 Å². The molecule has 1 amide bonds. The van der Waals surface area contributed by atoms with Crippen molar-refractivity contribution in [3.63, 3.8) is 0 Å². The van der Waals surface area contributed by atoms with E-state index in [0.29, 0.717) is 19.6 Å². The maximum Gasteiger partial charge on any atom is 0.238 e. The van der Waals surface area contributed by atoms with Gasteiger partial charge in [-0.2, -0.15) is 0 Å². The molecule has 2 rings (SSSR count). The van der Waals surface area contributed by atoms with E-state index in [1.165, 1.54) is 0 Å². The van der Waals surface area contributed by atoms with Crippen molar-refractivity contribution in [1.82, 2.24) is 4.90 Å². The Morgan fingerprint density at radius 3 is 2.79 bits per heavy atom. The summed E-state index contributed by atoms with van der Waals surface area (Å²) in [5.41, 5.74) is 0.148. The van der Waals surface area contributed by atoms with Crippen molar-refractivity contribution in [2.24, 2.45) is 5.92 Å². The first kappa shape index (κ1) is 14.5. The number of carbonyl (C=O) groups is 1. The number of carbonyl (C=O) groups excluding carboxylic acids is 1. The van der Waals surface area contributed by atoms with E-state index in [1.54, 1.807) is 0 Å². The van der Waals surface area contributed by atoms with Gasteiger partial charge in [0.1, 0.15) is 0 Å². The summed E-state index contributed by atoms with van der Waals surface area (Å²) in [6.07, 6.45) is 0. The summed E-state index contributed by atoms with van der Waals surface area (Å²) in [6, 6.07) is 7.50. The minimum Gasteiger partial charge on any atom is -0.387 e. The largest absolute Gasteiger partial charge is 0.387 e. The van der Waals surface area contributed by atoms with E-state index in [1.807, 2.05) is 43.0 Å². The zero-order valence-electron chi connectivity index (χ0n) is 11.2. The number of β-amino-alcohol motifs (C(OH)–C–C–N with tert-alkyl or cyclic N) is 1. The lowest BCUT2D eigenvalue weighted by molar-refractivity contribution is -0.139. The fourth-order valence-electron chi connectivity index (χ4n) is 2.17. The minimum atomic E-state index is -0.629. The molecule has 2 N–H and O–H groups in total. The van der Waals surface area contributed by atoms with Crippen molar-refractivity contribution >= 4 is 27.5 Å². The van der Waals surface area contributed by atoms with Crippen LogP contribution in [0.1, 0.15) is 13.8 Å². The van der Waals surface area contributed by atoms with Crippen LogP contribution in [0.15, 0.2) is 28.7 Å². The summed E-state index contributed by atoms with van der Waals surface area (Å²) < 4.78 is 0.934. The Morgan fingerprint density at radius 1 is 1.53 bits per heavy atom. The highest BCUT2D eigenvalue weighted by Gasteiger charge is 2.43. The van der Waals surface area contributed by atoms with E-state index in [4.69, 9.17) is 0 Å². The summed E-state index contributed by atoms with van der Waals surface area (Å²) in [5, 5.41) is 13.0. The molecule has 0 unspecified atom stereocenters. The summed E-state index contributed by atoms with van der Waals surface area (Å²) in [4.78, 5) is 13.8. The van der Waals surface area contributed by atoms with Crippen molar-refractivity contribution in [2.75, 3.05) is 25.0 Å². The summed E-state index contributed by atoms with van der Waals surface area (Å²) in [6.45, 7) is 5.45. The molecule has 0 bridgehead atoms. The fraction of sp³-hybridized carbons (Fsp3) is 0.500. The first-order chi connectivity index (χ1) is 8.89. The number of halogens is 1. The van der Waals surface area contributed by atoms with Crippen LogP contribution in [0.2, 0.25) is 0 Å². The van der Waals surface area contributed by atoms with Gasteiger partial charge in [0, 0.05) is 23.2 Å². The molecular weight excluding hydrogens is 308 g/mol. The van der Waals surface area contributed by atoms with Gasteiger partial charge in [-0.25, -0.2) is 0 Å². The predicted molar refractivity (Wildman–Crippen MR) is 79.0 cm³/mol. The number of likely N-dealkylation sites (tertiary alicyclic amines) is 1. The highest BCUT2D eigenvalue weighted by Crippen LogP contribution is 2.28. The molecule has 1 aromatic carbocycles. The maximum atomic E-state index is 11.9. The van der Waals surface area contributed by atoms with Crippen LogP contribution < -0.4 is 5.32 Å². The fourth-order valence-corrected chi connectivity index (χ4v) is 2.57. The number of benzene rings is 1. The zero-order valence-corrected chi connectivity index (χ0v) is 12.8. The summed E-state index contributed by atoms with van der Waals surface area (Å²) >= 11 is 3.36. The van der Waals surface area contributed by atoms with Gasteiger partial charge in [0.05, 0.1) is 12.1 Å². The van der Waals surface area contributed by atoms with Crippen LogP contribution in [0, 0.1) is 5.92 Å². The molecule has 0 aromatic heterocycles. The van der Waals surface area contributed by atoms with Crippen LogP contribution in [-0.4, -0.2) is 41.1 Å². The van der Waals surface area contributed by atoms with Gasteiger partial charge in [0.25, 0.3) is 0 Å². The molecule has 0 spiro atoms. The molecule has 19 heavy (non-hydrogen) atoms. The molecule has 0 saturated carbocycles. The van der Waals surface area contributed by atoms with Crippen LogP contribution in [0.3, 0.4) is 0 Å². The number of amides is 1. The summed E-state index contributed by atoms with van der Waals surface area (Å²) in [7, 11) is 0. The van der Waals surface area contributed by atoms with Crippen LogP contribution >= 0.6 is 15.9 Å².